The smallest absolute Gasteiger partial charge is 0.255 e. The third-order valence-corrected chi connectivity index (χ3v) is 6.11. The van der Waals surface area contributed by atoms with Gasteiger partial charge in [-0.05, 0) is 74.5 Å². The molecule has 2 amide bonds. The molecule has 0 fully saturated rings. The normalized spacial score (nSPS) is 10.6. The molecule has 37 heavy (non-hydrogen) atoms. The predicted octanol–water partition coefficient (Wildman–Crippen LogP) is 7.74. The Hall–Kier alpha value is -4.90. The lowest BCUT2D eigenvalue weighted by Crippen LogP contribution is -2.12. The molecule has 0 saturated carbocycles. The van der Waals surface area contributed by atoms with E-state index in [-0.39, 0.29) is 11.8 Å². The average Bonchev–Trinajstić information content (AvgIpc) is 3.40. The van der Waals surface area contributed by atoms with Gasteiger partial charge in [0.25, 0.3) is 11.8 Å². The highest BCUT2D eigenvalue weighted by atomic mass is 16.3. The molecule has 1 heterocycles. The van der Waals surface area contributed by atoms with Crippen LogP contribution < -0.4 is 10.6 Å². The second-order valence-corrected chi connectivity index (χ2v) is 8.90. The summed E-state index contributed by atoms with van der Waals surface area (Å²) >= 11 is 0. The molecule has 0 bridgehead atoms. The van der Waals surface area contributed by atoms with Gasteiger partial charge >= 0.3 is 0 Å². The third kappa shape index (κ3) is 5.36. The highest BCUT2D eigenvalue weighted by Crippen LogP contribution is 2.35. The van der Waals surface area contributed by atoms with Gasteiger partial charge in [-0.25, -0.2) is 0 Å². The summed E-state index contributed by atoms with van der Waals surface area (Å²) in [5, 5.41) is 5.99. The summed E-state index contributed by atoms with van der Waals surface area (Å²) in [4.78, 5) is 25.7. The van der Waals surface area contributed by atoms with E-state index in [1.165, 1.54) is 0 Å². The maximum atomic E-state index is 12.8. The van der Waals surface area contributed by atoms with Crippen LogP contribution in [0.2, 0.25) is 0 Å². The largest absolute Gasteiger partial charge is 0.456 e. The van der Waals surface area contributed by atoms with Crippen LogP contribution in [-0.2, 0) is 0 Å². The van der Waals surface area contributed by atoms with Gasteiger partial charge in [0.1, 0.15) is 11.5 Å². The first-order valence-electron chi connectivity index (χ1n) is 12.0. The Morgan fingerprint density at radius 1 is 0.514 bits per heavy atom. The Kier molecular flexibility index (Phi) is 6.68. The summed E-state index contributed by atoms with van der Waals surface area (Å²) in [6, 6.07) is 33.6. The first kappa shape index (κ1) is 23.8. The maximum Gasteiger partial charge on any atom is 0.255 e. The van der Waals surface area contributed by atoms with Crippen molar-refractivity contribution in [1.29, 1.82) is 0 Å². The molecule has 0 aliphatic rings. The van der Waals surface area contributed by atoms with Crippen LogP contribution in [0.15, 0.2) is 114 Å². The average molecular weight is 487 g/mol. The molecule has 0 atom stereocenters. The summed E-state index contributed by atoms with van der Waals surface area (Å²) < 4.78 is 6.24. The van der Waals surface area contributed by atoms with Gasteiger partial charge in [0.15, 0.2) is 0 Å². The number of amides is 2. The van der Waals surface area contributed by atoms with E-state index in [2.05, 4.69) is 10.6 Å². The second kappa shape index (κ2) is 10.4. The molecule has 0 aliphatic carbocycles. The number of furan rings is 1. The summed E-state index contributed by atoms with van der Waals surface area (Å²) in [5.41, 5.74) is 6.17. The van der Waals surface area contributed by atoms with Gasteiger partial charge in [-0.3, -0.25) is 9.59 Å². The van der Waals surface area contributed by atoms with Crippen molar-refractivity contribution in [3.63, 3.8) is 0 Å². The van der Waals surface area contributed by atoms with Crippen LogP contribution in [0.3, 0.4) is 0 Å². The number of carbonyl (C=O) groups excluding carboxylic acids is 2. The van der Waals surface area contributed by atoms with Crippen molar-refractivity contribution in [3.05, 3.63) is 131 Å². The topological polar surface area (TPSA) is 71.3 Å². The number of rotatable bonds is 6. The molecule has 182 valence electrons. The van der Waals surface area contributed by atoms with E-state index in [0.29, 0.717) is 34.0 Å². The zero-order valence-electron chi connectivity index (χ0n) is 20.6. The molecule has 0 aliphatic heterocycles. The summed E-state index contributed by atoms with van der Waals surface area (Å²) in [6.07, 6.45) is 0. The highest BCUT2D eigenvalue weighted by Gasteiger charge is 2.16. The van der Waals surface area contributed by atoms with Crippen LogP contribution in [0.25, 0.3) is 22.6 Å². The summed E-state index contributed by atoms with van der Waals surface area (Å²) in [7, 11) is 0. The summed E-state index contributed by atoms with van der Waals surface area (Å²) in [6.45, 7) is 3.97. The minimum absolute atomic E-state index is 0.191. The number of carbonyl (C=O) groups is 2. The van der Waals surface area contributed by atoms with Crippen molar-refractivity contribution < 1.29 is 14.0 Å². The van der Waals surface area contributed by atoms with Gasteiger partial charge in [0, 0.05) is 22.3 Å². The lowest BCUT2D eigenvalue weighted by Gasteiger charge is -2.11. The molecule has 5 nitrogen and oxygen atoms in total. The molecule has 0 saturated heterocycles. The molecule has 1 aromatic heterocycles. The highest BCUT2D eigenvalue weighted by molar-refractivity contribution is 6.07. The van der Waals surface area contributed by atoms with E-state index < -0.39 is 0 Å². The third-order valence-electron chi connectivity index (χ3n) is 6.11. The van der Waals surface area contributed by atoms with Gasteiger partial charge in [0.05, 0.1) is 11.4 Å². The van der Waals surface area contributed by atoms with Crippen LogP contribution >= 0.6 is 0 Å². The molecule has 0 spiro atoms. The number of hydrogen-bond acceptors (Lipinski definition) is 3. The number of hydrogen-bond donors (Lipinski definition) is 2. The van der Waals surface area contributed by atoms with Crippen molar-refractivity contribution in [2.24, 2.45) is 0 Å². The van der Waals surface area contributed by atoms with Crippen LogP contribution in [-0.4, -0.2) is 11.8 Å². The first-order valence-corrected chi connectivity index (χ1v) is 12.0. The van der Waals surface area contributed by atoms with Gasteiger partial charge < -0.3 is 15.1 Å². The minimum atomic E-state index is -0.191. The molecule has 5 rings (SSSR count). The van der Waals surface area contributed by atoms with E-state index in [1.54, 1.807) is 24.3 Å². The van der Waals surface area contributed by atoms with E-state index in [4.69, 9.17) is 4.42 Å². The zero-order chi connectivity index (χ0) is 25.8. The Balaban J connectivity index is 1.40. The van der Waals surface area contributed by atoms with E-state index in [1.807, 2.05) is 98.8 Å². The standard InChI is InChI=1S/C32H26N2O3/c1-21-11-15-23(16-12-21)31(35)33-27-9-5-3-7-25(27)29-19-20-30(37-29)26-8-4-6-10-28(26)34-32(36)24-17-13-22(2)14-18-24/h3-20H,1-2H3,(H,33,35)(H,34,36). The SMILES string of the molecule is Cc1ccc(C(=O)Nc2ccccc2-c2ccc(-c3ccccc3NC(=O)c3ccc(C)cc3)o2)cc1. The monoisotopic (exact) mass is 486 g/mol. The Morgan fingerprint density at radius 2 is 0.892 bits per heavy atom. The van der Waals surface area contributed by atoms with E-state index in [0.717, 1.165) is 22.3 Å². The molecule has 0 unspecified atom stereocenters. The fourth-order valence-corrected chi connectivity index (χ4v) is 4.04. The number of para-hydroxylation sites is 2. The Morgan fingerprint density at radius 3 is 1.30 bits per heavy atom. The van der Waals surface area contributed by atoms with E-state index >= 15 is 0 Å². The van der Waals surface area contributed by atoms with Crippen molar-refractivity contribution in [2.75, 3.05) is 10.6 Å². The second-order valence-electron chi connectivity index (χ2n) is 8.90. The van der Waals surface area contributed by atoms with Gasteiger partial charge in [-0.15, -0.1) is 0 Å². The fourth-order valence-electron chi connectivity index (χ4n) is 4.04. The van der Waals surface area contributed by atoms with Crippen molar-refractivity contribution in [3.8, 4) is 22.6 Å². The van der Waals surface area contributed by atoms with Crippen molar-refractivity contribution in [2.45, 2.75) is 13.8 Å². The minimum Gasteiger partial charge on any atom is -0.456 e. The van der Waals surface area contributed by atoms with Crippen LogP contribution in [0.4, 0.5) is 11.4 Å². The molecule has 5 aromatic rings. The Labute approximate surface area is 215 Å². The first-order chi connectivity index (χ1) is 18.0. The fraction of sp³-hybridized carbons (Fsp3) is 0.0625. The van der Waals surface area contributed by atoms with Crippen LogP contribution in [0.5, 0.6) is 0 Å². The Bertz CT molecular complexity index is 1450. The predicted molar refractivity (Wildman–Crippen MR) is 148 cm³/mol. The number of anilines is 2. The molecular weight excluding hydrogens is 460 g/mol. The van der Waals surface area contributed by atoms with Crippen molar-refractivity contribution >= 4 is 23.2 Å². The number of nitrogens with one attached hydrogen (secondary N) is 2. The summed E-state index contributed by atoms with van der Waals surface area (Å²) in [5.74, 6) is 0.829. The molecular formula is C32H26N2O3. The van der Waals surface area contributed by atoms with Crippen LogP contribution in [0, 0.1) is 13.8 Å². The van der Waals surface area contributed by atoms with Gasteiger partial charge in [0.2, 0.25) is 0 Å². The lowest BCUT2D eigenvalue weighted by atomic mass is 10.1. The number of benzene rings is 4. The van der Waals surface area contributed by atoms with Crippen molar-refractivity contribution in [1.82, 2.24) is 0 Å². The van der Waals surface area contributed by atoms with E-state index in [9.17, 15) is 9.59 Å². The number of aryl methyl sites for hydroxylation is 2. The molecule has 2 N–H and O–H groups in total. The molecule has 4 aromatic carbocycles. The lowest BCUT2D eigenvalue weighted by molar-refractivity contribution is 0.101. The molecule has 0 radical (unpaired) electrons. The van der Waals surface area contributed by atoms with Crippen LogP contribution in [0.1, 0.15) is 31.8 Å². The van der Waals surface area contributed by atoms with Gasteiger partial charge in [-0.1, -0.05) is 59.7 Å². The van der Waals surface area contributed by atoms with Gasteiger partial charge in [-0.2, -0.15) is 0 Å². The molecule has 5 heteroatoms. The maximum absolute atomic E-state index is 12.8. The zero-order valence-corrected chi connectivity index (χ0v) is 20.6. The quantitative estimate of drug-likeness (QED) is 0.258.